The second-order valence-corrected chi connectivity index (χ2v) is 6.27. The lowest BCUT2D eigenvalue weighted by molar-refractivity contribution is -0.385. The van der Waals surface area contributed by atoms with Crippen molar-refractivity contribution in [3.8, 4) is 0 Å². The molecule has 1 N–H and O–H groups in total. The fourth-order valence-electron chi connectivity index (χ4n) is 1.61. The van der Waals surface area contributed by atoms with E-state index in [4.69, 9.17) is 51.5 Å². The van der Waals surface area contributed by atoms with Gasteiger partial charge in [0.15, 0.2) is 0 Å². The zero-order valence-corrected chi connectivity index (χ0v) is 15.7. The Morgan fingerprint density at radius 3 is 1.42 bits per heavy atom. The molecule has 0 radical (unpaired) electrons. The van der Waals surface area contributed by atoms with Gasteiger partial charge >= 0.3 is 5.97 Å². The zero-order valence-electron chi connectivity index (χ0n) is 12.7. The lowest BCUT2D eigenvalue weighted by Crippen LogP contribution is -2.00. The summed E-state index contributed by atoms with van der Waals surface area (Å²) in [5.74, 6) is -1.32. The first kappa shape index (κ1) is 21.9. The highest BCUT2D eigenvalue weighted by molar-refractivity contribution is 6.39. The highest BCUT2D eigenvalue weighted by Crippen LogP contribution is 2.30. The van der Waals surface area contributed by atoms with Crippen LogP contribution in [0.25, 0.3) is 0 Å². The molecule has 0 aromatic heterocycles. The van der Waals surface area contributed by atoms with Crippen molar-refractivity contribution in [2.75, 3.05) is 0 Å². The normalized spacial score (nSPS) is 9.88. The SMILES string of the molecule is Cc1c(Cl)cc([N+](=O)[O-])cc1Cl.O=C(O)c1c(Cl)cc([N+](=O)[O-])cc1Cl. The van der Waals surface area contributed by atoms with Gasteiger partial charge in [-0.25, -0.2) is 4.79 Å². The van der Waals surface area contributed by atoms with E-state index in [1.807, 2.05) is 0 Å². The monoisotopic (exact) mass is 440 g/mol. The van der Waals surface area contributed by atoms with Crippen molar-refractivity contribution < 1.29 is 19.7 Å². The molecule has 8 nitrogen and oxygen atoms in total. The largest absolute Gasteiger partial charge is 0.478 e. The van der Waals surface area contributed by atoms with Gasteiger partial charge in [-0.05, 0) is 12.5 Å². The van der Waals surface area contributed by atoms with Crippen LogP contribution in [0.5, 0.6) is 0 Å². The van der Waals surface area contributed by atoms with Crippen LogP contribution >= 0.6 is 46.4 Å². The van der Waals surface area contributed by atoms with Crippen LogP contribution in [0.2, 0.25) is 20.1 Å². The maximum absolute atomic E-state index is 10.6. The van der Waals surface area contributed by atoms with Gasteiger partial charge in [-0.15, -0.1) is 0 Å². The number of nitrogens with zero attached hydrogens (tertiary/aromatic N) is 2. The van der Waals surface area contributed by atoms with Gasteiger partial charge in [-0.3, -0.25) is 20.2 Å². The number of rotatable bonds is 3. The van der Waals surface area contributed by atoms with E-state index < -0.39 is 15.8 Å². The van der Waals surface area contributed by atoms with E-state index in [0.29, 0.717) is 15.6 Å². The Balaban J connectivity index is 0.000000263. The molecule has 0 bridgehead atoms. The highest BCUT2D eigenvalue weighted by Gasteiger charge is 2.18. The molecular weight excluding hydrogens is 434 g/mol. The molecule has 0 spiro atoms. The Morgan fingerprint density at radius 2 is 1.15 bits per heavy atom. The summed E-state index contributed by atoms with van der Waals surface area (Å²) in [6, 6.07) is 4.44. The third-order valence-electron chi connectivity index (χ3n) is 2.93. The molecule has 0 unspecified atom stereocenters. The second kappa shape index (κ2) is 9.00. The van der Waals surface area contributed by atoms with Crippen LogP contribution in [0.3, 0.4) is 0 Å². The molecule has 0 atom stereocenters. The number of nitro groups is 2. The minimum absolute atomic E-state index is 0.0874. The molecule has 0 aliphatic heterocycles. The first-order valence-corrected chi connectivity index (χ1v) is 7.93. The number of carboxylic acid groups (broad SMARTS) is 1. The van der Waals surface area contributed by atoms with Crippen LogP contribution < -0.4 is 0 Å². The molecule has 0 fully saturated rings. The number of benzene rings is 2. The van der Waals surface area contributed by atoms with Gasteiger partial charge in [-0.2, -0.15) is 0 Å². The Labute approximate surface area is 166 Å². The maximum Gasteiger partial charge on any atom is 0.338 e. The van der Waals surface area contributed by atoms with E-state index in [1.54, 1.807) is 6.92 Å². The fraction of sp³-hybridized carbons (Fsp3) is 0.0714. The van der Waals surface area contributed by atoms with E-state index in [2.05, 4.69) is 0 Å². The quantitative estimate of drug-likeness (QED) is 0.473. The Kier molecular flexibility index (Phi) is 7.58. The average molecular weight is 442 g/mol. The summed E-state index contributed by atoms with van der Waals surface area (Å²) in [7, 11) is 0. The molecule has 0 amide bonds. The predicted molar refractivity (Wildman–Crippen MR) is 97.9 cm³/mol. The van der Waals surface area contributed by atoms with Gasteiger partial charge in [0.25, 0.3) is 11.4 Å². The van der Waals surface area contributed by atoms with Crippen LogP contribution in [0.15, 0.2) is 24.3 Å². The van der Waals surface area contributed by atoms with Crippen molar-refractivity contribution in [2.45, 2.75) is 6.92 Å². The van der Waals surface area contributed by atoms with Gasteiger partial charge in [0.1, 0.15) is 0 Å². The summed E-state index contributed by atoms with van der Waals surface area (Å²) in [5, 5.41) is 29.4. The van der Waals surface area contributed by atoms with E-state index in [1.165, 1.54) is 12.1 Å². The Hall–Kier alpha value is -2.13. The first-order chi connectivity index (χ1) is 12.0. The summed E-state index contributed by atoms with van der Waals surface area (Å²) in [4.78, 5) is 30.0. The molecule has 138 valence electrons. The van der Waals surface area contributed by atoms with Gasteiger partial charge in [0.05, 0.1) is 35.5 Å². The number of hydrogen-bond acceptors (Lipinski definition) is 5. The molecule has 0 saturated carbocycles. The molecular formula is C14H8Cl4N2O6. The molecule has 0 aliphatic rings. The molecule has 0 aliphatic carbocycles. The number of hydrogen-bond donors (Lipinski definition) is 1. The van der Waals surface area contributed by atoms with Gasteiger partial charge in [0.2, 0.25) is 0 Å². The van der Waals surface area contributed by atoms with E-state index in [-0.39, 0.29) is 27.0 Å². The number of carboxylic acids is 1. The number of carbonyl (C=O) groups is 1. The third-order valence-corrected chi connectivity index (χ3v) is 4.31. The highest BCUT2D eigenvalue weighted by atomic mass is 35.5. The summed E-state index contributed by atoms with van der Waals surface area (Å²) >= 11 is 22.4. The first-order valence-electron chi connectivity index (χ1n) is 6.42. The molecule has 2 aromatic carbocycles. The lowest BCUT2D eigenvalue weighted by atomic mass is 10.2. The number of aromatic carboxylic acids is 1. The number of halogens is 4. The van der Waals surface area contributed by atoms with Crippen molar-refractivity contribution in [3.05, 3.63) is 75.7 Å². The minimum atomic E-state index is -1.32. The molecule has 26 heavy (non-hydrogen) atoms. The van der Waals surface area contributed by atoms with Crippen LogP contribution in [-0.4, -0.2) is 20.9 Å². The fourth-order valence-corrected chi connectivity index (χ4v) is 2.72. The van der Waals surface area contributed by atoms with Crippen molar-refractivity contribution in [2.24, 2.45) is 0 Å². The topological polar surface area (TPSA) is 124 Å². The molecule has 2 rings (SSSR count). The summed E-state index contributed by atoms with van der Waals surface area (Å²) in [5.41, 5.74) is -0.108. The molecule has 2 aromatic rings. The predicted octanol–water partition coefficient (Wildman–Crippen LogP) is 5.81. The van der Waals surface area contributed by atoms with Crippen LogP contribution in [-0.2, 0) is 0 Å². The van der Waals surface area contributed by atoms with Crippen molar-refractivity contribution in [3.63, 3.8) is 0 Å². The molecule has 0 heterocycles. The van der Waals surface area contributed by atoms with E-state index >= 15 is 0 Å². The number of nitro benzene ring substituents is 2. The third kappa shape index (κ3) is 5.43. The Bertz CT molecular complexity index is 857. The molecule has 0 saturated heterocycles. The second-order valence-electron chi connectivity index (χ2n) is 4.64. The van der Waals surface area contributed by atoms with Crippen LogP contribution in [0.1, 0.15) is 15.9 Å². The standard InChI is InChI=1S/C7H3Cl2NO4.C7H5Cl2NO2/c8-4-1-3(10(13)14)2-5(9)6(4)7(11)12;1-4-6(8)2-5(10(11)12)3-7(4)9/h1-2H,(H,11,12);2-3H,1H3. The van der Waals surface area contributed by atoms with Gasteiger partial charge in [0, 0.05) is 24.3 Å². The van der Waals surface area contributed by atoms with Gasteiger partial charge in [-0.1, -0.05) is 46.4 Å². The van der Waals surface area contributed by atoms with Crippen LogP contribution in [0, 0.1) is 27.2 Å². The van der Waals surface area contributed by atoms with Gasteiger partial charge < -0.3 is 5.11 Å². The van der Waals surface area contributed by atoms with Crippen LogP contribution in [0.4, 0.5) is 11.4 Å². The minimum Gasteiger partial charge on any atom is -0.478 e. The van der Waals surface area contributed by atoms with E-state index in [0.717, 1.165) is 12.1 Å². The Morgan fingerprint density at radius 1 is 0.846 bits per heavy atom. The maximum atomic E-state index is 10.6. The van der Waals surface area contributed by atoms with Crippen molar-refractivity contribution >= 4 is 63.7 Å². The summed E-state index contributed by atoms with van der Waals surface area (Å²) in [6.45, 7) is 1.70. The summed E-state index contributed by atoms with van der Waals surface area (Å²) < 4.78 is 0. The summed E-state index contributed by atoms with van der Waals surface area (Å²) in [6.07, 6.45) is 0. The zero-order chi connectivity index (χ0) is 20.2. The molecule has 12 heteroatoms. The smallest absolute Gasteiger partial charge is 0.338 e. The van der Waals surface area contributed by atoms with E-state index in [9.17, 15) is 25.0 Å². The lowest BCUT2D eigenvalue weighted by Gasteiger charge is -2.01. The van der Waals surface area contributed by atoms with Crippen molar-refractivity contribution in [1.29, 1.82) is 0 Å². The average Bonchev–Trinajstić information content (AvgIpc) is 2.51. The van der Waals surface area contributed by atoms with Crippen molar-refractivity contribution in [1.82, 2.24) is 0 Å². The number of non-ortho nitro benzene ring substituents is 2.